The van der Waals surface area contributed by atoms with Crippen molar-refractivity contribution in [1.82, 2.24) is 0 Å². The third kappa shape index (κ3) is 2.27. The highest BCUT2D eigenvalue weighted by Crippen LogP contribution is 2.46. The van der Waals surface area contributed by atoms with E-state index in [1.165, 1.54) is 4.90 Å². The quantitative estimate of drug-likeness (QED) is 0.892. The zero-order valence-corrected chi connectivity index (χ0v) is 10.2. The van der Waals surface area contributed by atoms with Crippen molar-refractivity contribution in [3.8, 4) is 5.75 Å². The van der Waals surface area contributed by atoms with Crippen LogP contribution in [-0.2, 0) is 4.79 Å². The smallest absolute Gasteiger partial charge is 0.303 e. The Bertz CT molecular complexity index is 454. The van der Waals surface area contributed by atoms with Crippen molar-refractivity contribution in [3.63, 3.8) is 0 Å². The fourth-order valence-electron chi connectivity index (χ4n) is 2.39. The Morgan fingerprint density at radius 3 is 3.06 bits per heavy atom. The molecule has 1 aliphatic carbocycles. The Balaban J connectivity index is 1.87. The molecule has 0 saturated heterocycles. The second-order valence-electron chi connectivity index (χ2n) is 4.65. The lowest BCUT2D eigenvalue weighted by atomic mass is 9.91. The van der Waals surface area contributed by atoms with Gasteiger partial charge in [0, 0.05) is 0 Å². The summed E-state index contributed by atoms with van der Waals surface area (Å²) in [5, 5.41) is 8.98. The molecule has 1 saturated carbocycles. The third-order valence-electron chi connectivity index (χ3n) is 3.41. The average molecular weight is 250 g/mol. The van der Waals surface area contributed by atoms with E-state index in [4.69, 9.17) is 9.84 Å². The first-order valence-electron chi connectivity index (χ1n) is 5.85. The fraction of sp³-hybridized carbons (Fsp3) is 0.462. The number of ether oxygens (including phenoxy) is 1. The molecular formula is C13H14O3S. The van der Waals surface area contributed by atoms with Gasteiger partial charge in [-0.3, -0.25) is 4.79 Å². The molecule has 1 N–H and O–H groups in total. The van der Waals surface area contributed by atoms with Gasteiger partial charge in [0.25, 0.3) is 0 Å². The van der Waals surface area contributed by atoms with E-state index in [1.807, 2.05) is 6.07 Å². The largest absolute Gasteiger partial charge is 0.481 e. The lowest BCUT2D eigenvalue weighted by molar-refractivity contribution is -0.137. The van der Waals surface area contributed by atoms with Gasteiger partial charge in [-0.15, -0.1) is 0 Å². The first kappa shape index (κ1) is 11.0. The lowest BCUT2D eigenvalue weighted by Gasteiger charge is -2.15. The van der Waals surface area contributed by atoms with Crippen molar-refractivity contribution in [1.29, 1.82) is 0 Å². The van der Waals surface area contributed by atoms with Crippen LogP contribution in [0.3, 0.4) is 0 Å². The minimum atomic E-state index is -0.710. The minimum Gasteiger partial charge on any atom is -0.481 e. The van der Waals surface area contributed by atoms with Crippen LogP contribution in [0.2, 0.25) is 0 Å². The molecule has 0 amide bonds. The maximum Gasteiger partial charge on any atom is 0.303 e. The van der Waals surface area contributed by atoms with E-state index >= 15 is 0 Å². The summed E-state index contributed by atoms with van der Waals surface area (Å²) in [5.74, 6) is 1.60. The number of carbonyl (C=O) groups is 1. The molecule has 0 bridgehead atoms. The Labute approximate surface area is 104 Å². The highest BCUT2D eigenvalue weighted by molar-refractivity contribution is 7.99. The summed E-state index contributed by atoms with van der Waals surface area (Å²) in [4.78, 5) is 12.1. The number of thioether (sulfide) groups is 1. The first-order valence-corrected chi connectivity index (χ1v) is 6.84. The van der Waals surface area contributed by atoms with E-state index < -0.39 is 5.97 Å². The van der Waals surface area contributed by atoms with Gasteiger partial charge in [0.1, 0.15) is 11.7 Å². The molecule has 1 heterocycles. The van der Waals surface area contributed by atoms with Gasteiger partial charge in [-0.05, 0) is 42.4 Å². The third-order valence-corrected chi connectivity index (χ3v) is 4.29. The molecule has 0 spiro atoms. The molecule has 4 heteroatoms. The number of carboxylic acid groups (broad SMARTS) is 1. The molecule has 0 aromatic heterocycles. The lowest BCUT2D eigenvalue weighted by Crippen LogP contribution is -2.08. The minimum absolute atomic E-state index is 0.159. The number of hydrogen-bond acceptors (Lipinski definition) is 3. The highest BCUT2D eigenvalue weighted by atomic mass is 32.2. The van der Waals surface area contributed by atoms with E-state index in [0.29, 0.717) is 11.9 Å². The number of aliphatic carboxylic acids is 1. The zero-order valence-electron chi connectivity index (χ0n) is 9.39. The van der Waals surface area contributed by atoms with Gasteiger partial charge >= 0.3 is 5.97 Å². The standard InChI is InChI=1S/C13H14O3S/c14-13(15)6-10(8-1-2-8)9-3-4-12-11(5-9)16-7-17-12/h3-5,8,10H,1-2,6-7H2,(H,14,15). The summed E-state index contributed by atoms with van der Waals surface area (Å²) in [6, 6.07) is 6.15. The van der Waals surface area contributed by atoms with Crippen LogP contribution in [0.25, 0.3) is 0 Å². The van der Waals surface area contributed by atoms with Crippen molar-refractivity contribution >= 4 is 17.7 Å². The van der Waals surface area contributed by atoms with E-state index in [-0.39, 0.29) is 12.3 Å². The van der Waals surface area contributed by atoms with Crippen LogP contribution in [0, 0.1) is 5.92 Å². The molecule has 1 aromatic carbocycles. The first-order chi connectivity index (χ1) is 8.24. The summed E-state index contributed by atoms with van der Waals surface area (Å²) in [7, 11) is 0. The predicted molar refractivity (Wildman–Crippen MR) is 65.5 cm³/mol. The van der Waals surface area contributed by atoms with Crippen LogP contribution >= 0.6 is 11.8 Å². The number of benzene rings is 1. The molecule has 1 atom stereocenters. The summed E-state index contributed by atoms with van der Waals surface area (Å²) in [6.07, 6.45) is 2.55. The van der Waals surface area contributed by atoms with Gasteiger partial charge in [-0.1, -0.05) is 17.8 Å². The van der Waals surface area contributed by atoms with Crippen LogP contribution in [0.15, 0.2) is 23.1 Å². The number of rotatable bonds is 4. The molecular weight excluding hydrogens is 236 g/mol. The molecule has 1 unspecified atom stereocenters. The molecule has 1 fully saturated rings. The average Bonchev–Trinajstić information content (AvgIpc) is 3.03. The Kier molecular flexibility index (Phi) is 2.74. The van der Waals surface area contributed by atoms with Crippen molar-refractivity contribution < 1.29 is 14.6 Å². The van der Waals surface area contributed by atoms with E-state index in [1.54, 1.807) is 11.8 Å². The van der Waals surface area contributed by atoms with E-state index in [0.717, 1.165) is 24.2 Å². The SMILES string of the molecule is O=C(O)CC(c1ccc2c(c1)OCS2)C1CC1. The van der Waals surface area contributed by atoms with Crippen molar-refractivity contribution in [2.45, 2.75) is 30.1 Å². The van der Waals surface area contributed by atoms with Crippen molar-refractivity contribution in [2.75, 3.05) is 5.94 Å². The second-order valence-corrected chi connectivity index (χ2v) is 5.62. The summed E-state index contributed by atoms with van der Waals surface area (Å²) >= 11 is 1.69. The van der Waals surface area contributed by atoms with E-state index in [2.05, 4.69) is 12.1 Å². The summed E-state index contributed by atoms with van der Waals surface area (Å²) in [5.41, 5.74) is 1.12. The molecule has 3 nitrogen and oxygen atoms in total. The molecule has 1 aromatic rings. The van der Waals surface area contributed by atoms with Crippen LogP contribution in [0.4, 0.5) is 0 Å². The predicted octanol–water partition coefficient (Wildman–Crippen LogP) is 3.10. The topological polar surface area (TPSA) is 46.5 Å². The molecule has 1 aliphatic heterocycles. The monoisotopic (exact) mass is 250 g/mol. The van der Waals surface area contributed by atoms with Gasteiger partial charge in [0.2, 0.25) is 0 Å². The number of fused-ring (bicyclic) bond motifs is 1. The fourth-order valence-corrected chi connectivity index (χ4v) is 3.12. The molecule has 90 valence electrons. The van der Waals surface area contributed by atoms with Crippen molar-refractivity contribution in [2.24, 2.45) is 5.92 Å². The highest BCUT2D eigenvalue weighted by Gasteiger charge is 2.34. The maximum absolute atomic E-state index is 10.9. The number of carboxylic acids is 1. The molecule has 3 rings (SSSR count). The second kappa shape index (κ2) is 4.26. The number of hydrogen-bond donors (Lipinski definition) is 1. The molecule has 0 radical (unpaired) electrons. The van der Waals surface area contributed by atoms with E-state index in [9.17, 15) is 4.79 Å². The van der Waals surface area contributed by atoms with Gasteiger partial charge in [-0.2, -0.15) is 0 Å². The Morgan fingerprint density at radius 1 is 1.53 bits per heavy atom. The summed E-state index contributed by atoms with van der Waals surface area (Å²) in [6.45, 7) is 0. The molecule has 2 aliphatic rings. The van der Waals surface area contributed by atoms with Crippen LogP contribution in [-0.4, -0.2) is 17.0 Å². The summed E-state index contributed by atoms with van der Waals surface area (Å²) < 4.78 is 5.51. The Hall–Kier alpha value is -1.16. The van der Waals surface area contributed by atoms with Gasteiger partial charge in [0.15, 0.2) is 0 Å². The van der Waals surface area contributed by atoms with Gasteiger partial charge in [-0.25, -0.2) is 0 Å². The Morgan fingerprint density at radius 2 is 2.35 bits per heavy atom. The van der Waals surface area contributed by atoms with Crippen molar-refractivity contribution in [3.05, 3.63) is 23.8 Å². The molecule has 17 heavy (non-hydrogen) atoms. The zero-order chi connectivity index (χ0) is 11.8. The van der Waals surface area contributed by atoms with Gasteiger partial charge in [0.05, 0.1) is 11.3 Å². The van der Waals surface area contributed by atoms with Crippen LogP contribution < -0.4 is 4.74 Å². The van der Waals surface area contributed by atoms with Crippen LogP contribution in [0.5, 0.6) is 5.75 Å². The van der Waals surface area contributed by atoms with Gasteiger partial charge < -0.3 is 9.84 Å². The van der Waals surface area contributed by atoms with Crippen LogP contribution in [0.1, 0.15) is 30.7 Å². The normalized spacial score (nSPS) is 19.5. The maximum atomic E-state index is 10.9.